The summed E-state index contributed by atoms with van der Waals surface area (Å²) < 4.78 is 4.00. The molecule has 0 saturated carbocycles. The van der Waals surface area contributed by atoms with Crippen molar-refractivity contribution in [2.75, 3.05) is 0 Å². The standard InChI is InChI=1S/C42H24N4SSe/c1-3-11-26(12-4-1)39-44-40(27-13-5-2-6-14-27)46-41(45-39)34-17-9-16-31-30(34)20-21-32-33-22-23-35-36(38(33)48-37(31)32)43-42(47-35)29-19-18-25-10-7-8-15-28(25)24-29/h1-24H. The van der Waals surface area contributed by atoms with E-state index in [1.54, 1.807) is 11.3 Å². The van der Waals surface area contributed by atoms with Gasteiger partial charge in [0.2, 0.25) is 0 Å². The Kier molecular flexibility index (Phi) is 6.34. The SMILES string of the molecule is c1ccc(-c2nc(-c3ccccc3)nc(-c3cccc4c3ccc3c5ccc6sc(-c7ccc8ccccc8c7)nc6c5[se]c43)n2)cc1. The van der Waals surface area contributed by atoms with Gasteiger partial charge in [-0.25, -0.2) is 0 Å². The Morgan fingerprint density at radius 2 is 1.04 bits per heavy atom. The number of hydrogen-bond acceptors (Lipinski definition) is 5. The number of thiazole rings is 1. The van der Waals surface area contributed by atoms with Crippen molar-refractivity contribution in [3.8, 4) is 44.7 Å². The van der Waals surface area contributed by atoms with E-state index in [4.69, 9.17) is 19.9 Å². The normalized spacial score (nSPS) is 11.8. The third kappa shape index (κ3) is 4.49. The molecule has 0 bridgehead atoms. The van der Waals surface area contributed by atoms with E-state index in [0.29, 0.717) is 17.5 Å². The molecule has 0 fully saturated rings. The Labute approximate surface area is 285 Å². The second-order valence-corrected chi connectivity index (χ2v) is 15.0. The van der Waals surface area contributed by atoms with Crippen molar-refractivity contribution < 1.29 is 0 Å². The fourth-order valence-corrected chi connectivity index (χ4v) is 10.5. The third-order valence-corrected chi connectivity index (χ3v) is 12.7. The fourth-order valence-electron chi connectivity index (χ4n) is 6.61. The molecule has 0 aliphatic rings. The Morgan fingerprint density at radius 3 is 1.81 bits per heavy atom. The molecule has 10 aromatic rings. The Morgan fingerprint density at radius 1 is 0.417 bits per heavy atom. The van der Waals surface area contributed by atoms with Crippen molar-refractivity contribution in [1.82, 2.24) is 19.9 Å². The van der Waals surface area contributed by atoms with Crippen molar-refractivity contribution >= 4 is 76.9 Å². The molecule has 10 rings (SSSR count). The summed E-state index contributed by atoms with van der Waals surface area (Å²) in [5, 5.41) is 8.58. The van der Waals surface area contributed by atoms with E-state index in [1.807, 2.05) is 60.7 Å². The number of nitrogens with zero attached hydrogens (tertiary/aromatic N) is 4. The van der Waals surface area contributed by atoms with Crippen LogP contribution in [0.4, 0.5) is 0 Å². The van der Waals surface area contributed by atoms with Gasteiger partial charge in [0.15, 0.2) is 0 Å². The van der Waals surface area contributed by atoms with E-state index in [0.717, 1.165) is 32.6 Å². The van der Waals surface area contributed by atoms with Crippen molar-refractivity contribution in [2.24, 2.45) is 0 Å². The number of aromatic nitrogens is 4. The molecule has 0 aliphatic carbocycles. The summed E-state index contributed by atoms with van der Waals surface area (Å²) in [7, 11) is 0. The Balaban J connectivity index is 1.16. The van der Waals surface area contributed by atoms with Crippen LogP contribution in [-0.4, -0.2) is 34.4 Å². The molecule has 3 aromatic heterocycles. The van der Waals surface area contributed by atoms with Crippen LogP contribution in [0.3, 0.4) is 0 Å². The molecule has 0 aliphatic heterocycles. The van der Waals surface area contributed by atoms with Crippen molar-refractivity contribution in [3.05, 3.63) is 146 Å². The number of hydrogen-bond donors (Lipinski definition) is 0. The van der Waals surface area contributed by atoms with Gasteiger partial charge in [0.05, 0.1) is 0 Å². The second-order valence-electron chi connectivity index (χ2n) is 11.9. The topological polar surface area (TPSA) is 51.6 Å². The minimum absolute atomic E-state index is 0.0978. The second kappa shape index (κ2) is 11.0. The first-order valence-electron chi connectivity index (χ1n) is 15.8. The van der Waals surface area contributed by atoms with E-state index in [1.165, 1.54) is 45.7 Å². The zero-order valence-electron chi connectivity index (χ0n) is 25.5. The van der Waals surface area contributed by atoms with Crippen LogP contribution in [0, 0.1) is 0 Å². The number of benzene rings is 7. The van der Waals surface area contributed by atoms with E-state index < -0.39 is 0 Å². The molecule has 0 unspecified atom stereocenters. The molecule has 48 heavy (non-hydrogen) atoms. The van der Waals surface area contributed by atoms with Gasteiger partial charge in [-0.1, -0.05) is 0 Å². The first-order valence-corrected chi connectivity index (χ1v) is 18.3. The van der Waals surface area contributed by atoms with Crippen LogP contribution in [0.1, 0.15) is 0 Å². The van der Waals surface area contributed by atoms with Gasteiger partial charge in [-0.2, -0.15) is 0 Å². The zero-order valence-corrected chi connectivity index (χ0v) is 28.0. The van der Waals surface area contributed by atoms with Crippen LogP contribution < -0.4 is 0 Å². The maximum absolute atomic E-state index is 5.27. The molecule has 7 aromatic carbocycles. The van der Waals surface area contributed by atoms with Crippen LogP contribution in [0.25, 0.3) is 95.8 Å². The average molecular weight is 696 g/mol. The molecule has 0 N–H and O–H groups in total. The summed E-state index contributed by atoms with van der Waals surface area (Å²) in [4.78, 5) is 20.3. The van der Waals surface area contributed by atoms with E-state index in [-0.39, 0.29) is 14.5 Å². The van der Waals surface area contributed by atoms with Gasteiger partial charge in [0, 0.05) is 0 Å². The molecule has 4 nitrogen and oxygen atoms in total. The predicted molar refractivity (Wildman–Crippen MR) is 202 cm³/mol. The maximum atomic E-state index is 5.27. The van der Waals surface area contributed by atoms with Crippen molar-refractivity contribution in [3.63, 3.8) is 0 Å². The van der Waals surface area contributed by atoms with E-state index in [2.05, 4.69) is 84.9 Å². The van der Waals surface area contributed by atoms with Crippen LogP contribution in [-0.2, 0) is 0 Å². The van der Waals surface area contributed by atoms with Gasteiger partial charge in [0.25, 0.3) is 0 Å². The molecule has 224 valence electrons. The number of fused-ring (bicyclic) bond motifs is 8. The summed E-state index contributed by atoms with van der Waals surface area (Å²) in [5.41, 5.74) is 5.25. The predicted octanol–water partition coefficient (Wildman–Crippen LogP) is 10.8. The molecular weight excluding hydrogens is 672 g/mol. The van der Waals surface area contributed by atoms with Gasteiger partial charge < -0.3 is 0 Å². The summed E-state index contributed by atoms with van der Waals surface area (Å²) in [5.74, 6) is 2.02. The first kappa shape index (κ1) is 27.6. The monoisotopic (exact) mass is 696 g/mol. The van der Waals surface area contributed by atoms with E-state index in [9.17, 15) is 0 Å². The quantitative estimate of drug-likeness (QED) is 0.172. The van der Waals surface area contributed by atoms with Gasteiger partial charge in [-0.3, -0.25) is 0 Å². The van der Waals surface area contributed by atoms with Crippen LogP contribution in [0.5, 0.6) is 0 Å². The summed E-state index contributed by atoms with van der Waals surface area (Å²) in [6.45, 7) is 0. The van der Waals surface area contributed by atoms with Gasteiger partial charge in [-0.05, 0) is 0 Å². The molecule has 0 spiro atoms. The van der Waals surface area contributed by atoms with Gasteiger partial charge in [-0.15, -0.1) is 0 Å². The zero-order chi connectivity index (χ0) is 31.6. The average Bonchev–Trinajstić information content (AvgIpc) is 3.77. The molecule has 6 heteroatoms. The molecule has 0 amide bonds. The van der Waals surface area contributed by atoms with Crippen LogP contribution in [0.2, 0.25) is 0 Å². The number of rotatable bonds is 4. The van der Waals surface area contributed by atoms with E-state index >= 15 is 0 Å². The summed E-state index contributed by atoms with van der Waals surface area (Å²) in [6.07, 6.45) is 0. The van der Waals surface area contributed by atoms with Crippen molar-refractivity contribution in [2.45, 2.75) is 0 Å². The Hall–Kier alpha value is -5.52. The van der Waals surface area contributed by atoms with Crippen molar-refractivity contribution in [1.29, 1.82) is 0 Å². The minimum atomic E-state index is 0.0978. The van der Waals surface area contributed by atoms with Crippen LogP contribution >= 0.6 is 11.3 Å². The third-order valence-electron chi connectivity index (χ3n) is 8.96. The fraction of sp³-hybridized carbons (Fsp3) is 0. The molecule has 3 heterocycles. The Bertz CT molecular complexity index is 2780. The molecular formula is C42H24N4SSe. The summed E-state index contributed by atoms with van der Waals surface area (Å²) >= 11 is 1.88. The molecule has 0 atom stereocenters. The van der Waals surface area contributed by atoms with Gasteiger partial charge in [0.1, 0.15) is 0 Å². The first-order chi connectivity index (χ1) is 23.8. The summed E-state index contributed by atoms with van der Waals surface area (Å²) in [6, 6.07) is 51.1. The molecule has 0 saturated heterocycles. The van der Waals surface area contributed by atoms with Crippen LogP contribution in [0.15, 0.2) is 146 Å². The van der Waals surface area contributed by atoms with Gasteiger partial charge >= 0.3 is 287 Å². The molecule has 0 radical (unpaired) electrons.